The van der Waals surface area contributed by atoms with Crippen LogP contribution >= 0.6 is 0 Å². The molecule has 0 aromatic heterocycles. The lowest BCUT2D eigenvalue weighted by atomic mass is 9.75. The molecule has 2 saturated carbocycles. The van der Waals surface area contributed by atoms with Crippen LogP contribution in [0.4, 0.5) is 0 Å². The predicted molar refractivity (Wildman–Crippen MR) is 74.2 cm³/mol. The first-order chi connectivity index (χ1) is 8.39. The third-order valence-corrected chi connectivity index (χ3v) is 4.82. The Labute approximate surface area is 111 Å². The zero-order valence-electron chi connectivity index (χ0n) is 11.9. The lowest BCUT2D eigenvalue weighted by molar-refractivity contribution is -0.123. The van der Waals surface area contributed by atoms with Crippen molar-refractivity contribution in [1.29, 1.82) is 0 Å². The number of rotatable bonds is 3. The van der Waals surface area contributed by atoms with Crippen molar-refractivity contribution in [3.8, 4) is 0 Å². The highest BCUT2D eigenvalue weighted by Gasteiger charge is 2.33. The molecule has 0 bridgehead atoms. The van der Waals surface area contributed by atoms with Crippen LogP contribution in [-0.2, 0) is 4.79 Å². The molecule has 104 valence electrons. The van der Waals surface area contributed by atoms with Crippen molar-refractivity contribution in [2.24, 2.45) is 11.1 Å². The van der Waals surface area contributed by atoms with Gasteiger partial charge in [0.05, 0.1) is 0 Å². The second kappa shape index (κ2) is 5.20. The van der Waals surface area contributed by atoms with Gasteiger partial charge in [0.15, 0.2) is 0 Å². The Bertz CT molecular complexity index is 296. The van der Waals surface area contributed by atoms with Crippen LogP contribution < -0.4 is 11.1 Å². The van der Waals surface area contributed by atoms with Gasteiger partial charge in [0.25, 0.3) is 0 Å². The van der Waals surface area contributed by atoms with Crippen LogP contribution in [0.3, 0.4) is 0 Å². The molecule has 0 spiro atoms. The van der Waals surface area contributed by atoms with Crippen molar-refractivity contribution >= 4 is 5.91 Å². The predicted octanol–water partition coefficient (Wildman–Crippen LogP) is 2.73. The van der Waals surface area contributed by atoms with E-state index < -0.39 is 0 Å². The maximum Gasteiger partial charge on any atom is 0.222 e. The summed E-state index contributed by atoms with van der Waals surface area (Å²) in [6, 6.07) is 0.385. The average Bonchev–Trinajstić information content (AvgIpc) is 2.68. The molecule has 0 heterocycles. The third-order valence-electron chi connectivity index (χ3n) is 4.82. The summed E-state index contributed by atoms with van der Waals surface area (Å²) < 4.78 is 0. The van der Waals surface area contributed by atoms with E-state index in [1.807, 2.05) is 0 Å². The summed E-state index contributed by atoms with van der Waals surface area (Å²) in [6.07, 6.45) is 9.58. The second-order valence-corrected chi connectivity index (χ2v) is 7.25. The SMILES string of the molecule is CC1(C)CCC(NC(=O)CC2(N)CCCC2)CC1. The summed E-state index contributed by atoms with van der Waals surface area (Å²) >= 11 is 0. The molecule has 1 amide bonds. The van der Waals surface area contributed by atoms with Gasteiger partial charge in [-0.05, 0) is 43.9 Å². The smallest absolute Gasteiger partial charge is 0.222 e. The van der Waals surface area contributed by atoms with E-state index in [-0.39, 0.29) is 11.4 Å². The summed E-state index contributed by atoms with van der Waals surface area (Å²) in [6.45, 7) is 4.64. The molecular weight excluding hydrogens is 224 g/mol. The number of hydrogen-bond donors (Lipinski definition) is 2. The monoisotopic (exact) mass is 252 g/mol. The van der Waals surface area contributed by atoms with E-state index >= 15 is 0 Å². The van der Waals surface area contributed by atoms with Gasteiger partial charge < -0.3 is 11.1 Å². The number of carbonyl (C=O) groups excluding carboxylic acids is 1. The third kappa shape index (κ3) is 3.71. The summed E-state index contributed by atoms with van der Waals surface area (Å²) in [7, 11) is 0. The van der Waals surface area contributed by atoms with Crippen molar-refractivity contribution < 1.29 is 4.79 Å². The molecule has 2 rings (SSSR count). The van der Waals surface area contributed by atoms with Gasteiger partial charge in [-0.2, -0.15) is 0 Å². The quantitative estimate of drug-likeness (QED) is 0.811. The topological polar surface area (TPSA) is 55.1 Å². The molecule has 3 N–H and O–H groups in total. The molecule has 0 aliphatic heterocycles. The minimum Gasteiger partial charge on any atom is -0.353 e. The Balaban J connectivity index is 1.75. The van der Waals surface area contributed by atoms with Gasteiger partial charge in [-0.15, -0.1) is 0 Å². The molecule has 2 aliphatic rings. The Morgan fingerprint density at radius 2 is 1.72 bits per heavy atom. The maximum atomic E-state index is 12.0. The van der Waals surface area contributed by atoms with E-state index in [9.17, 15) is 4.79 Å². The second-order valence-electron chi connectivity index (χ2n) is 7.25. The highest BCUT2D eigenvalue weighted by atomic mass is 16.1. The molecule has 0 atom stereocenters. The largest absolute Gasteiger partial charge is 0.353 e. The van der Waals surface area contributed by atoms with E-state index in [4.69, 9.17) is 5.73 Å². The molecule has 0 saturated heterocycles. The lowest BCUT2D eigenvalue weighted by Crippen LogP contribution is -2.45. The molecule has 3 heteroatoms. The first-order valence-corrected chi connectivity index (χ1v) is 7.47. The standard InChI is InChI=1S/C15H28N2O/c1-14(2)9-5-12(6-10-14)17-13(18)11-15(16)7-3-4-8-15/h12H,3-11,16H2,1-2H3,(H,17,18). The fourth-order valence-electron chi connectivity index (χ4n) is 3.40. The molecule has 0 radical (unpaired) electrons. The van der Waals surface area contributed by atoms with Crippen molar-refractivity contribution in [2.45, 2.75) is 83.2 Å². The molecule has 2 fully saturated rings. The summed E-state index contributed by atoms with van der Waals surface area (Å²) in [5, 5.41) is 3.19. The lowest BCUT2D eigenvalue weighted by Gasteiger charge is -2.35. The number of amides is 1. The number of hydrogen-bond acceptors (Lipinski definition) is 2. The van der Waals surface area contributed by atoms with E-state index in [1.165, 1.54) is 25.7 Å². The molecule has 0 unspecified atom stereocenters. The number of nitrogens with one attached hydrogen (secondary N) is 1. The first kappa shape index (κ1) is 13.9. The maximum absolute atomic E-state index is 12.0. The van der Waals surface area contributed by atoms with Gasteiger partial charge >= 0.3 is 0 Å². The van der Waals surface area contributed by atoms with Crippen molar-refractivity contribution in [1.82, 2.24) is 5.32 Å². The highest BCUT2D eigenvalue weighted by Crippen LogP contribution is 2.35. The Morgan fingerprint density at radius 1 is 1.17 bits per heavy atom. The Morgan fingerprint density at radius 3 is 2.28 bits per heavy atom. The van der Waals surface area contributed by atoms with E-state index in [1.54, 1.807) is 0 Å². The average molecular weight is 252 g/mol. The van der Waals surface area contributed by atoms with Crippen molar-refractivity contribution in [3.63, 3.8) is 0 Å². The summed E-state index contributed by atoms with van der Waals surface area (Å²) in [4.78, 5) is 12.0. The fourth-order valence-corrected chi connectivity index (χ4v) is 3.40. The first-order valence-electron chi connectivity index (χ1n) is 7.47. The van der Waals surface area contributed by atoms with E-state index in [2.05, 4.69) is 19.2 Å². The van der Waals surface area contributed by atoms with Crippen molar-refractivity contribution in [2.75, 3.05) is 0 Å². The van der Waals surface area contributed by atoms with Gasteiger partial charge in [-0.25, -0.2) is 0 Å². The minimum absolute atomic E-state index is 0.170. The van der Waals surface area contributed by atoms with Gasteiger partial charge in [-0.1, -0.05) is 26.7 Å². The Hall–Kier alpha value is -0.570. The fraction of sp³-hybridized carbons (Fsp3) is 0.933. The van der Waals surface area contributed by atoms with Crippen LogP contribution in [0.1, 0.15) is 71.6 Å². The molecule has 0 aromatic carbocycles. The van der Waals surface area contributed by atoms with Crippen LogP contribution in [0.15, 0.2) is 0 Å². The van der Waals surface area contributed by atoms with Gasteiger partial charge in [-0.3, -0.25) is 4.79 Å². The molecule has 18 heavy (non-hydrogen) atoms. The highest BCUT2D eigenvalue weighted by molar-refractivity contribution is 5.77. The van der Waals surface area contributed by atoms with E-state index in [0.717, 1.165) is 25.7 Å². The van der Waals surface area contributed by atoms with Crippen LogP contribution in [0.25, 0.3) is 0 Å². The normalized spacial score (nSPS) is 27.1. The van der Waals surface area contributed by atoms with Crippen molar-refractivity contribution in [3.05, 3.63) is 0 Å². The molecule has 0 aromatic rings. The summed E-state index contributed by atoms with van der Waals surface area (Å²) in [5.41, 5.74) is 6.50. The molecule has 2 aliphatic carbocycles. The van der Waals surface area contributed by atoms with Gasteiger partial charge in [0.2, 0.25) is 5.91 Å². The zero-order chi connectivity index (χ0) is 13.2. The minimum atomic E-state index is -0.210. The van der Waals surface area contributed by atoms with E-state index in [0.29, 0.717) is 17.9 Å². The van der Waals surface area contributed by atoms with Gasteiger partial charge in [0, 0.05) is 18.0 Å². The number of nitrogens with two attached hydrogens (primary N) is 1. The van der Waals surface area contributed by atoms with Gasteiger partial charge in [0.1, 0.15) is 0 Å². The van der Waals surface area contributed by atoms with Crippen LogP contribution in [0.2, 0.25) is 0 Å². The number of carbonyl (C=O) groups is 1. The molecule has 3 nitrogen and oxygen atoms in total. The zero-order valence-corrected chi connectivity index (χ0v) is 11.9. The summed E-state index contributed by atoms with van der Waals surface area (Å²) in [5.74, 6) is 0.170. The van der Waals surface area contributed by atoms with Crippen LogP contribution in [0.5, 0.6) is 0 Å². The molecular formula is C15H28N2O. The van der Waals surface area contributed by atoms with Crippen LogP contribution in [0, 0.1) is 5.41 Å². The van der Waals surface area contributed by atoms with Crippen LogP contribution in [-0.4, -0.2) is 17.5 Å². The Kier molecular flexibility index (Phi) is 4.00.